The summed E-state index contributed by atoms with van der Waals surface area (Å²) in [7, 11) is 0. The van der Waals surface area contributed by atoms with Crippen molar-refractivity contribution in [2.24, 2.45) is 0 Å². The lowest BCUT2D eigenvalue weighted by atomic mass is 10.1. The summed E-state index contributed by atoms with van der Waals surface area (Å²) in [5.41, 5.74) is 3.68. The predicted octanol–water partition coefficient (Wildman–Crippen LogP) is 3.16. The van der Waals surface area contributed by atoms with Crippen LogP contribution in [0.15, 0.2) is 42.6 Å². The fourth-order valence-electron chi connectivity index (χ4n) is 3.69. The Morgan fingerprint density at radius 1 is 1.04 bits per heavy atom. The molecule has 5 rings (SSSR count). The van der Waals surface area contributed by atoms with Gasteiger partial charge in [0.1, 0.15) is 0 Å². The Balaban J connectivity index is 1.21. The Morgan fingerprint density at radius 3 is 2.72 bits per heavy atom. The van der Waals surface area contributed by atoms with Gasteiger partial charge in [-0.1, -0.05) is 18.2 Å². The highest BCUT2D eigenvalue weighted by molar-refractivity contribution is 5.78. The number of pyridine rings is 1. The van der Waals surface area contributed by atoms with Crippen LogP contribution in [-0.2, 0) is 6.54 Å². The van der Waals surface area contributed by atoms with E-state index in [-0.39, 0.29) is 0 Å². The van der Waals surface area contributed by atoms with Gasteiger partial charge >= 0.3 is 0 Å². The fraction of sp³-hybridized carbons (Fsp3) is 0.400. The molecule has 3 aromatic rings. The molecule has 25 heavy (non-hydrogen) atoms. The average molecular weight is 333 g/mol. The minimum absolute atomic E-state index is 0.739. The van der Waals surface area contributed by atoms with Crippen LogP contribution in [-0.4, -0.2) is 46.3 Å². The number of fused-ring (bicyclic) bond motifs is 1. The second-order valence-corrected chi connectivity index (χ2v) is 7.26. The third-order valence-corrected chi connectivity index (χ3v) is 5.35. The Hall–Kier alpha value is -2.40. The van der Waals surface area contributed by atoms with Gasteiger partial charge in [-0.2, -0.15) is 5.10 Å². The molecule has 1 aliphatic heterocycles. The minimum Gasteiger partial charge on any atom is -0.353 e. The van der Waals surface area contributed by atoms with Crippen LogP contribution >= 0.6 is 0 Å². The first kappa shape index (κ1) is 14.9. The maximum atomic E-state index is 4.58. The maximum Gasteiger partial charge on any atom is 0.150 e. The van der Waals surface area contributed by atoms with Gasteiger partial charge in [0.25, 0.3) is 0 Å². The van der Waals surface area contributed by atoms with Crippen molar-refractivity contribution >= 4 is 16.7 Å². The van der Waals surface area contributed by atoms with Gasteiger partial charge in [0, 0.05) is 62.0 Å². The molecule has 3 heterocycles. The number of hydrogen-bond donors (Lipinski definition) is 1. The van der Waals surface area contributed by atoms with Crippen LogP contribution in [0, 0.1) is 0 Å². The van der Waals surface area contributed by atoms with Crippen molar-refractivity contribution in [1.82, 2.24) is 20.1 Å². The number of benzene rings is 1. The lowest BCUT2D eigenvalue weighted by molar-refractivity contribution is 0.249. The number of aromatic amines is 1. The van der Waals surface area contributed by atoms with E-state index in [9.17, 15) is 0 Å². The van der Waals surface area contributed by atoms with Crippen LogP contribution < -0.4 is 4.90 Å². The van der Waals surface area contributed by atoms with Crippen molar-refractivity contribution in [3.8, 4) is 0 Å². The zero-order valence-corrected chi connectivity index (χ0v) is 14.4. The molecule has 2 fully saturated rings. The van der Waals surface area contributed by atoms with E-state index in [4.69, 9.17) is 0 Å². The zero-order valence-electron chi connectivity index (χ0n) is 14.4. The molecule has 1 N–H and O–H groups in total. The van der Waals surface area contributed by atoms with Crippen LogP contribution in [0.1, 0.15) is 30.0 Å². The van der Waals surface area contributed by atoms with Crippen molar-refractivity contribution in [1.29, 1.82) is 0 Å². The first-order chi connectivity index (χ1) is 12.3. The molecule has 0 radical (unpaired) electrons. The number of rotatable bonds is 4. The summed E-state index contributed by atoms with van der Waals surface area (Å²) in [6.07, 6.45) is 4.65. The molecule has 1 saturated heterocycles. The molecule has 5 nitrogen and oxygen atoms in total. The standard InChI is InChI=1S/C20H23N5/c1-2-4-18-17(3-1)11-15(13-21-18)14-24-7-9-25(10-8-24)20-12-19(22-23-20)16-5-6-16/h1-4,11-13,16H,5-10,14H2,(H,22,23). The highest BCUT2D eigenvalue weighted by Crippen LogP contribution is 2.39. The molecule has 0 unspecified atom stereocenters. The summed E-state index contributed by atoms with van der Waals surface area (Å²) in [6, 6.07) is 12.8. The Kier molecular flexibility index (Phi) is 3.67. The van der Waals surface area contributed by atoms with Gasteiger partial charge in [-0.05, 0) is 30.5 Å². The molecule has 2 aromatic heterocycles. The molecule has 1 aromatic carbocycles. The molecule has 0 bridgehead atoms. The Morgan fingerprint density at radius 2 is 1.88 bits per heavy atom. The minimum atomic E-state index is 0.739. The molecule has 5 heteroatoms. The van der Waals surface area contributed by atoms with Gasteiger partial charge in [-0.3, -0.25) is 15.0 Å². The normalized spacial score (nSPS) is 18.8. The molecule has 1 aliphatic carbocycles. The van der Waals surface area contributed by atoms with E-state index in [1.54, 1.807) is 0 Å². The highest BCUT2D eigenvalue weighted by atomic mass is 15.3. The number of para-hydroxylation sites is 1. The highest BCUT2D eigenvalue weighted by Gasteiger charge is 2.27. The number of anilines is 1. The number of nitrogens with one attached hydrogen (secondary N) is 1. The van der Waals surface area contributed by atoms with Gasteiger partial charge < -0.3 is 4.90 Å². The van der Waals surface area contributed by atoms with E-state index in [0.29, 0.717) is 0 Å². The number of nitrogens with zero attached hydrogens (tertiary/aromatic N) is 4. The maximum absolute atomic E-state index is 4.58. The number of hydrogen-bond acceptors (Lipinski definition) is 4. The van der Waals surface area contributed by atoms with Crippen molar-refractivity contribution in [3.05, 3.63) is 53.9 Å². The number of H-pyrrole nitrogens is 1. The Bertz CT molecular complexity index is 874. The first-order valence-electron chi connectivity index (χ1n) is 9.21. The van der Waals surface area contributed by atoms with Crippen LogP contribution in [0.4, 0.5) is 5.82 Å². The third kappa shape index (κ3) is 3.12. The van der Waals surface area contributed by atoms with Crippen molar-refractivity contribution in [2.75, 3.05) is 31.1 Å². The SMILES string of the molecule is c1ccc2ncc(CN3CCN(c4cc(C5CC5)[nH]n4)CC3)cc2c1. The summed E-state index contributed by atoms with van der Waals surface area (Å²) < 4.78 is 0. The van der Waals surface area contributed by atoms with E-state index in [1.165, 1.54) is 29.5 Å². The quantitative estimate of drug-likeness (QED) is 0.797. The summed E-state index contributed by atoms with van der Waals surface area (Å²) in [6.45, 7) is 5.18. The lowest BCUT2D eigenvalue weighted by Gasteiger charge is -2.34. The largest absolute Gasteiger partial charge is 0.353 e. The summed E-state index contributed by atoms with van der Waals surface area (Å²) in [5.74, 6) is 1.86. The molecular weight excluding hydrogens is 310 g/mol. The summed E-state index contributed by atoms with van der Waals surface area (Å²) in [4.78, 5) is 9.49. The molecule has 0 atom stereocenters. The molecule has 0 spiro atoms. The number of piperazine rings is 1. The smallest absolute Gasteiger partial charge is 0.150 e. The van der Waals surface area contributed by atoms with E-state index in [1.807, 2.05) is 12.3 Å². The van der Waals surface area contributed by atoms with Gasteiger partial charge in [-0.15, -0.1) is 0 Å². The van der Waals surface area contributed by atoms with E-state index in [2.05, 4.69) is 55.3 Å². The van der Waals surface area contributed by atoms with Crippen LogP contribution in [0.5, 0.6) is 0 Å². The number of aromatic nitrogens is 3. The average Bonchev–Trinajstić information content (AvgIpc) is 3.39. The van der Waals surface area contributed by atoms with Crippen LogP contribution in [0.25, 0.3) is 10.9 Å². The fourth-order valence-corrected chi connectivity index (χ4v) is 3.69. The first-order valence-corrected chi connectivity index (χ1v) is 9.21. The predicted molar refractivity (Wildman–Crippen MR) is 99.8 cm³/mol. The summed E-state index contributed by atoms with van der Waals surface area (Å²) >= 11 is 0. The van der Waals surface area contributed by atoms with E-state index >= 15 is 0 Å². The molecule has 128 valence electrons. The monoisotopic (exact) mass is 333 g/mol. The molecule has 1 saturated carbocycles. The summed E-state index contributed by atoms with van der Waals surface area (Å²) in [5, 5.41) is 8.96. The molecule has 2 aliphatic rings. The van der Waals surface area contributed by atoms with Crippen LogP contribution in [0.2, 0.25) is 0 Å². The lowest BCUT2D eigenvalue weighted by Crippen LogP contribution is -2.46. The second-order valence-electron chi connectivity index (χ2n) is 7.26. The third-order valence-electron chi connectivity index (χ3n) is 5.35. The van der Waals surface area contributed by atoms with E-state index in [0.717, 1.165) is 50.0 Å². The molecular formula is C20H23N5. The van der Waals surface area contributed by atoms with Crippen LogP contribution in [0.3, 0.4) is 0 Å². The van der Waals surface area contributed by atoms with Crippen molar-refractivity contribution < 1.29 is 0 Å². The topological polar surface area (TPSA) is 48.1 Å². The Labute approximate surface area is 147 Å². The van der Waals surface area contributed by atoms with Gasteiger partial charge in [0.05, 0.1) is 5.52 Å². The van der Waals surface area contributed by atoms with Gasteiger partial charge in [0.15, 0.2) is 5.82 Å². The zero-order chi connectivity index (χ0) is 16.6. The van der Waals surface area contributed by atoms with E-state index < -0.39 is 0 Å². The van der Waals surface area contributed by atoms with Crippen molar-refractivity contribution in [3.63, 3.8) is 0 Å². The van der Waals surface area contributed by atoms with Gasteiger partial charge in [0.2, 0.25) is 0 Å². The molecule has 0 amide bonds. The second kappa shape index (κ2) is 6.15. The van der Waals surface area contributed by atoms with Crippen molar-refractivity contribution in [2.45, 2.75) is 25.3 Å². The van der Waals surface area contributed by atoms with Gasteiger partial charge in [-0.25, -0.2) is 0 Å².